The highest BCUT2D eigenvalue weighted by Crippen LogP contribution is 2.30. The van der Waals surface area contributed by atoms with Crippen LogP contribution in [-0.4, -0.2) is 61.5 Å². The van der Waals surface area contributed by atoms with Crippen molar-refractivity contribution < 1.29 is 52.3 Å². The van der Waals surface area contributed by atoms with E-state index in [9.17, 15) is 19.2 Å². The van der Waals surface area contributed by atoms with Crippen LogP contribution >= 0.6 is 0 Å². The van der Waals surface area contributed by atoms with Gasteiger partial charge >= 0.3 is 24.4 Å². The van der Waals surface area contributed by atoms with E-state index in [1.165, 1.54) is 12.1 Å². The minimum Gasteiger partial charge on any atom is -0.458 e. The Bertz CT molecular complexity index is 1020. The first-order chi connectivity index (χ1) is 19.0. The van der Waals surface area contributed by atoms with Crippen LogP contribution in [0.25, 0.3) is 0 Å². The molecule has 0 saturated heterocycles. The third-order valence-corrected chi connectivity index (χ3v) is 5.68. The molecule has 0 saturated carbocycles. The normalized spacial score (nSPS) is 13.6. The van der Waals surface area contributed by atoms with Gasteiger partial charge in [-0.15, -0.1) is 0 Å². The van der Waals surface area contributed by atoms with Crippen LogP contribution in [0.5, 0.6) is 11.5 Å². The van der Waals surface area contributed by atoms with E-state index in [0.717, 1.165) is 0 Å². The Kier molecular flexibility index (Phi) is 14.4. The number of carbonyl (C=O) groups excluding carboxylic acids is 4. The third kappa shape index (κ3) is 14.1. The van der Waals surface area contributed by atoms with Crippen molar-refractivity contribution in [1.82, 2.24) is 0 Å². The second kappa shape index (κ2) is 16.7. The molecule has 12 nitrogen and oxygen atoms in total. The van der Waals surface area contributed by atoms with E-state index in [1.807, 2.05) is 34.6 Å². The molecular weight excluding hydrogens is 538 g/mol. The van der Waals surface area contributed by atoms with Crippen LogP contribution in [0.4, 0.5) is 14.4 Å². The molecule has 0 bridgehead atoms. The van der Waals surface area contributed by atoms with Gasteiger partial charge in [-0.1, -0.05) is 40.7 Å². The lowest BCUT2D eigenvalue weighted by Gasteiger charge is -2.26. The Hall–Kier alpha value is -3.54. The third-order valence-electron chi connectivity index (χ3n) is 5.68. The quantitative estimate of drug-likeness (QED) is 0.165. The number of carbonyl (C=O) groups is 4. The van der Waals surface area contributed by atoms with Crippen molar-refractivity contribution in [2.45, 2.75) is 99.0 Å². The SMILES string of the molecule is CCC(C)(C)OC(=O)O[C@@H](C)[C@H](C)OC(=O)[C@@H](N)Cc1ccc(OC(=O)OCC(C)C)c(OC(=O)OCC(C)C)c1. The molecule has 0 unspecified atom stereocenters. The monoisotopic (exact) mass is 583 g/mol. The van der Waals surface area contributed by atoms with Crippen LogP contribution in [0, 0.1) is 11.8 Å². The summed E-state index contributed by atoms with van der Waals surface area (Å²) in [6, 6.07) is 3.22. The van der Waals surface area contributed by atoms with Crippen molar-refractivity contribution in [1.29, 1.82) is 0 Å². The van der Waals surface area contributed by atoms with E-state index in [-0.39, 0.29) is 43.0 Å². The van der Waals surface area contributed by atoms with Gasteiger partial charge in [0.25, 0.3) is 0 Å². The topological polar surface area (TPSA) is 159 Å². The minimum absolute atomic E-state index is 0.0109. The molecule has 1 aromatic rings. The highest BCUT2D eigenvalue weighted by atomic mass is 16.8. The maximum absolute atomic E-state index is 12.7. The van der Waals surface area contributed by atoms with Crippen molar-refractivity contribution in [3.63, 3.8) is 0 Å². The molecule has 0 spiro atoms. The fourth-order valence-electron chi connectivity index (χ4n) is 2.82. The van der Waals surface area contributed by atoms with Gasteiger partial charge < -0.3 is 38.9 Å². The smallest absolute Gasteiger partial charge is 0.458 e. The van der Waals surface area contributed by atoms with Crippen LogP contribution < -0.4 is 15.2 Å². The van der Waals surface area contributed by atoms with E-state index in [0.29, 0.717) is 12.0 Å². The Morgan fingerprint density at radius 1 is 0.780 bits per heavy atom. The molecule has 0 fully saturated rings. The van der Waals surface area contributed by atoms with E-state index >= 15 is 0 Å². The summed E-state index contributed by atoms with van der Waals surface area (Å²) in [5, 5.41) is 0. The van der Waals surface area contributed by atoms with Gasteiger partial charge in [0.05, 0.1) is 13.2 Å². The molecule has 0 amide bonds. The lowest BCUT2D eigenvalue weighted by molar-refractivity contribution is -0.156. The summed E-state index contributed by atoms with van der Waals surface area (Å²) < 4.78 is 36.4. The molecule has 0 radical (unpaired) electrons. The number of esters is 1. The number of hydrogen-bond donors (Lipinski definition) is 1. The molecule has 3 atom stereocenters. The van der Waals surface area contributed by atoms with E-state index in [4.69, 9.17) is 38.9 Å². The first-order valence-corrected chi connectivity index (χ1v) is 13.7. The average molecular weight is 584 g/mol. The summed E-state index contributed by atoms with van der Waals surface area (Å²) in [6.07, 6.45) is -3.86. The second-order valence-electron chi connectivity index (χ2n) is 11.1. The number of ether oxygens (including phenoxy) is 7. The minimum atomic E-state index is -1.11. The lowest BCUT2D eigenvalue weighted by Crippen LogP contribution is -2.40. The molecule has 0 aromatic heterocycles. The fraction of sp³-hybridized carbons (Fsp3) is 0.655. The molecule has 41 heavy (non-hydrogen) atoms. The zero-order chi connectivity index (χ0) is 31.3. The molecular formula is C29H45NO11. The summed E-state index contributed by atoms with van der Waals surface area (Å²) >= 11 is 0. The molecule has 0 heterocycles. The standard InChI is InChI=1S/C29H45NO11/c1-10-29(8,9)41-28(34)38-20(7)19(6)37-25(31)22(30)13-21-11-12-23(39-26(32)35-15-17(2)3)24(14-21)40-27(33)36-16-18(4)5/h11-12,14,17-20,22H,10,13,15-16,30H2,1-9H3/t19-,20-,22-/m0/s1. The first kappa shape index (κ1) is 35.5. The molecule has 232 valence electrons. The largest absolute Gasteiger partial charge is 0.513 e. The highest BCUT2D eigenvalue weighted by molar-refractivity contribution is 5.76. The molecule has 1 rings (SSSR count). The maximum Gasteiger partial charge on any atom is 0.513 e. The van der Waals surface area contributed by atoms with Crippen LogP contribution in [0.1, 0.15) is 74.3 Å². The molecule has 0 aliphatic rings. The van der Waals surface area contributed by atoms with Gasteiger partial charge in [-0.05, 0) is 70.1 Å². The molecule has 0 aliphatic heterocycles. The Morgan fingerprint density at radius 3 is 1.80 bits per heavy atom. The van der Waals surface area contributed by atoms with Crippen molar-refractivity contribution in [3.8, 4) is 11.5 Å². The molecule has 12 heteroatoms. The predicted molar refractivity (Wildman–Crippen MR) is 149 cm³/mol. The summed E-state index contributed by atoms with van der Waals surface area (Å²) in [5.74, 6) is -0.789. The maximum atomic E-state index is 12.7. The Balaban J connectivity index is 2.90. The van der Waals surface area contributed by atoms with E-state index < -0.39 is 48.3 Å². The zero-order valence-corrected chi connectivity index (χ0v) is 25.5. The van der Waals surface area contributed by atoms with Crippen molar-refractivity contribution in [2.24, 2.45) is 17.6 Å². The molecule has 0 aliphatic carbocycles. The summed E-state index contributed by atoms with van der Waals surface area (Å²) in [5.41, 5.74) is 5.86. The van der Waals surface area contributed by atoms with Gasteiger partial charge in [0, 0.05) is 0 Å². The molecule has 1 aromatic carbocycles. The van der Waals surface area contributed by atoms with Crippen LogP contribution in [0.2, 0.25) is 0 Å². The summed E-state index contributed by atoms with van der Waals surface area (Å²) in [7, 11) is 0. The van der Waals surface area contributed by atoms with Crippen LogP contribution in [0.3, 0.4) is 0 Å². The summed E-state index contributed by atoms with van der Waals surface area (Å²) in [4.78, 5) is 49.0. The van der Waals surface area contributed by atoms with Crippen LogP contribution in [-0.2, 0) is 34.9 Å². The van der Waals surface area contributed by atoms with E-state index in [1.54, 1.807) is 33.8 Å². The number of nitrogens with two attached hydrogens (primary N) is 1. The van der Waals surface area contributed by atoms with Gasteiger partial charge in [0.15, 0.2) is 11.5 Å². The summed E-state index contributed by atoms with van der Waals surface area (Å²) in [6.45, 7) is 16.2. The number of rotatable bonds is 14. The van der Waals surface area contributed by atoms with Gasteiger partial charge in [-0.25, -0.2) is 14.4 Å². The van der Waals surface area contributed by atoms with Gasteiger partial charge in [-0.3, -0.25) is 4.79 Å². The highest BCUT2D eigenvalue weighted by Gasteiger charge is 2.28. The van der Waals surface area contributed by atoms with Crippen LogP contribution in [0.15, 0.2) is 18.2 Å². The van der Waals surface area contributed by atoms with Gasteiger partial charge in [0.2, 0.25) is 0 Å². The van der Waals surface area contributed by atoms with Crippen molar-refractivity contribution in [3.05, 3.63) is 23.8 Å². The van der Waals surface area contributed by atoms with Crippen molar-refractivity contribution in [2.75, 3.05) is 13.2 Å². The van der Waals surface area contributed by atoms with Gasteiger partial charge in [-0.2, -0.15) is 0 Å². The lowest BCUT2D eigenvalue weighted by atomic mass is 10.1. The van der Waals surface area contributed by atoms with Crippen molar-refractivity contribution >= 4 is 24.4 Å². The Labute approximate surface area is 242 Å². The zero-order valence-electron chi connectivity index (χ0n) is 25.5. The second-order valence-corrected chi connectivity index (χ2v) is 11.1. The number of hydrogen-bond acceptors (Lipinski definition) is 12. The number of benzene rings is 1. The first-order valence-electron chi connectivity index (χ1n) is 13.7. The van der Waals surface area contributed by atoms with Gasteiger partial charge in [0.1, 0.15) is 23.9 Å². The fourth-order valence-corrected chi connectivity index (χ4v) is 2.82. The van der Waals surface area contributed by atoms with E-state index in [2.05, 4.69) is 0 Å². The Morgan fingerprint density at radius 2 is 1.29 bits per heavy atom. The average Bonchev–Trinajstić information content (AvgIpc) is 2.87. The predicted octanol–water partition coefficient (Wildman–Crippen LogP) is 5.56. The molecule has 2 N–H and O–H groups in total.